The zero-order chi connectivity index (χ0) is 21.4. The lowest BCUT2D eigenvalue weighted by atomic mass is 9.91. The van der Waals surface area contributed by atoms with E-state index in [-0.39, 0.29) is 6.61 Å². The third-order valence-electron chi connectivity index (χ3n) is 5.64. The van der Waals surface area contributed by atoms with Crippen molar-refractivity contribution in [2.45, 2.75) is 43.7 Å². The Labute approximate surface area is 178 Å². The number of ether oxygens (including phenoxy) is 1. The van der Waals surface area contributed by atoms with E-state index in [1.165, 1.54) is 0 Å². The summed E-state index contributed by atoms with van der Waals surface area (Å²) in [5.41, 5.74) is 3.16. The molecule has 0 radical (unpaired) electrons. The molecule has 4 rings (SSSR count). The van der Waals surface area contributed by atoms with Gasteiger partial charge in [0.05, 0.1) is 23.8 Å². The van der Waals surface area contributed by atoms with Gasteiger partial charge in [0.25, 0.3) is 0 Å². The summed E-state index contributed by atoms with van der Waals surface area (Å²) in [6.07, 6.45) is -4.36. The Bertz CT molecular complexity index is 1020. The Morgan fingerprint density at radius 1 is 0.900 bits per heavy atom. The molecule has 8 heteroatoms. The van der Waals surface area contributed by atoms with E-state index in [1.54, 1.807) is 12.1 Å². The first kappa shape index (κ1) is 21.3. The number of rotatable bonds is 5. The molecule has 1 saturated heterocycles. The molecule has 5 atom stereocenters. The summed E-state index contributed by atoms with van der Waals surface area (Å²) in [6, 6.07) is 12.9. The molecular weight excluding hydrogens is 410 g/mol. The molecule has 0 aliphatic carbocycles. The second-order valence-corrected chi connectivity index (χ2v) is 7.98. The van der Waals surface area contributed by atoms with Crippen LogP contribution in [0.2, 0.25) is 5.02 Å². The zero-order valence-electron chi connectivity index (χ0n) is 16.1. The molecule has 1 fully saturated rings. The Morgan fingerprint density at radius 3 is 2.27 bits per heavy atom. The van der Waals surface area contributed by atoms with Gasteiger partial charge in [-0.2, -0.15) is 0 Å². The van der Waals surface area contributed by atoms with E-state index < -0.39 is 37.1 Å². The number of benzene rings is 2. The fourth-order valence-corrected chi connectivity index (χ4v) is 4.28. The lowest BCUT2D eigenvalue weighted by Gasteiger charge is -2.40. The summed E-state index contributed by atoms with van der Waals surface area (Å²) in [5.74, 6) is 0. The van der Waals surface area contributed by atoms with Gasteiger partial charge in [-0.05, 0) is 17.2 Å². The maximum absolute atomic E-state index is 10.6. The number of halogens is 1. The van der Waals surface area contributed by atoms with E-state index >= 15 is 0 Å². The molecule has 160 valence electrons. The first-order valence-corrected chi connectivity index (χ1v) is 10.1. The minimum absolute atomic E-state index is 0.0280. The van der Waals surface area contributed by atoms with Gasteiger partial charge in [-0.15, -0.1) is 0 Å². The van der Waals surface area contributed by atoms with Crippen LogP contribution in [0.5, 0.6) is 0 Å². The summed E-state index contributed by atoms with van der Waals surface area (Å²) in [5, 5.41) is 50.9. The SMILES string of the molecule is OCc1ccc(Cn2cc([C@@H]3O[C@H](CO)[C@@H](O)[C@H](O)[C@H]3O)c3cccc(Cl)c32)cc1. The fraction of sp³-hybridized carbons (Fsp3) is 0.364. The Kier molecular flexibility index (Phi) is 6.13. The molecule has 2 heterocycles. The smallest absolute Gasteiger partial charge is 0.114 e. The molecule has 1 aliphatic heterocycles. The van der Waals surface area contributed by atoms with Gasteiger partial charge >= 0.3 is 0 Å². The number of hydrogen-bond acceptors (Lipinski definition) is 6. The van der Waals surface area contributed by atoms with Gasteiger partial charge in [0.15, 0.2) is 0 Å². The highest BCUT2D eigenvalue weighted by atomic mass is 35.5. The van der Waals surface area contributed by atoms with E-state index in [9.17, 15) is 25.5 Å². The van der Waals surface area contributed by atoms with Gasteiger partial charge in [0, 0.05) is 23.7 Å². The van der Waals surface area contributed by atoms with Crippen LogP contribution >= 0.6 is 11.6 Å². The van der Waals surface area contributed by atoms with E-state index in [4.69, 9.17) is 16.3 Å². The van der Waals surface area contributed by atoms with Crippen molar-refractivity contribution in [1.29, 1.82) is 0 Å². The molecule has 0 amide bonds. The van der Waals surface area contributed by atoms with Gasteiger partial charge in [-0.25, -0.2) is 0 Å². The van der Waals surface area contributed by atoms with Crippen LogP contribution in [0.25, 0.3) is 10.9 Å². The standard InChI is InChI=1S/C22H24ClNO6/c23-16-3-1-2-14-15(22-21(29)20(28)19(27)17(11-26)30-22)9-24(18(14)16)8-12-4-6-13(10-25)7-5-12/h1-7,9,17,19-22,25-29H,8,10-11H2/t17-,19-,20+,21-,22+/m1/s1. The monoisotopic (exact) mass is 433 g/mol. The number of aliphatic hydroxyl groups excluding tert-OH is 5. The number of hydrogen-bond donors (Lipinski definition) is 5. The van der Waals surface area contributed by atoms with Crippen molar-refractivity contribution in [3.8, 4) is 0 Å². The van der Waals surface area contributed by atoms with E-state index in [0.717, 1.165) is 22.0 Å². The molecular formula is C22H24ClNO6. The van der Waals surface area contributed by atoms with Crippen molar-refractivity contribution in [1.82, 2.24) is 4.57 Å². The molecule has 3 aromatic rings. The Hall–Kier alpha value is -1.97. The van der Waals surface area contributed by atoms with Crippen LogP contribution in [0.4, 0.5) is 0 Å². The number of para-hydroxylation sites is 1. The number of fused-ring (bicyclic) bond motifs is 1. The molecule has 0 unspecified atom stereocenters. The van der Waals surface area contributed by atoms with E-state index in [1.807, 2.05) is 41.1 Å². The molecule has 0 saturated carbocycles. The molecule has 1 aliphatic rings. The number of aliphatic hydroxyl groups is 5. The van der Waals surface area contributed by atoms with E-state index in [0.29, 0.717) is 17.1 Å². The third-order valence-corrected chi connectivity index (χ3v) is 5.94. The Morgan fingerprint density at radius 2 is 1.60 bits per heavy atom. The van der Waals surface area contributed by atoms with Crippen molar-refractivity contribution >= 4 is 22.5 Å². The molecule has 0 bridgehead atoms. The molecule has 5 N–H and O–H groups in total. The third kappa shape index (κ3) is 3.74. The van der Waals surface area contributed by atoms with Crippen molar-refractivity contribution in [3.63, 3.8) is 0 Å². The van der Waals surface area contributed by atoms with Gasteiger partial charge < -0.3 is 34.8 Å². The predicted octanol–water partition coefficient (Wildman–Crippen LogP) is 1.35. The van der Waals surface area contributed by atoms with Crippen molar-refractivity contribution in [2.75, 3.05) is 6.61 Å². The average Bonchev–Trinajstić information content (AvgIpc) is 3.12. The van der Waals surface area contributed by atoms with Crippen LogP contribution in [0.3, 0.4) is 0 Å². The van der Waals surface area contributed by atoms with Crippen LogP contribution in [-0.2, 0) is 17.9 Å². The zero-order valence-corrected chi connectivity index (χ0v) is 16.9. The highest BCUT2D eigenvalue weighted by Gasteiger charge is 2.44. The molecule has 2 aromatic carbocycles. The van der Waals surface area contributed by atoms with Gasteiger partial charge in [0.1, 0.15) is 30.5 Å². The number of aromatic nitrogens is 1. The normalized spacial score (nSPS) is 26.9. The van der Waals surface area contributed by atoms with Gasteiger partial charge in [-0.1, -0.05) is 48.0 Å². The van der Waals surface area contributed by atoms with Crippen LogP contribution in [-0.4, -0.2) is 61.1 Å². The average molecular weight is 434 g/mol. The largest absolute Gasteiger partial charge is 0.394 e. The Balaban J connectivity index is 1.76. The van der Waals surface area contributed by atoms with Crippen molar-refractivity contribution in [2.24, 2.45) is 0 Å². The minimum atomic E-state index is -1.45. The summed E-state index contributed by atoms with van der Waals surface area (Å²) in [4.78, 5) is 0. The molecule has 1 aromatic heterocycles. The highest BCUT2D eigenvalue weighted by molar-refractivity contribution is 6.35. The summed E-state index contributed by atoms with van der Waals surface area (Å²) in [6.45, 7) is -0.0266. The van der Waals surface area contributed by atoms with Gasteiger partial charge in [-0.3, -0.25) is 0 Å². The molecule has 7 nitrogen and oxygen atoms in total. The first-order chi connectivity index (χ1) is 14.4. The first-order valence-electron chi connectivity index (χ1n) is 9.71. The summed E-state index contributed by atoms with van der Waals surface area (Å²) >= 11 is 6.49. The number of nitrogens with zero attached hydrogens (tertiary/aromatic N) is 1. The predicted molar refractivity (Wildman–Crippen MR) is 111 cm³/mol. The van der Waals surface area contributed by atoms with Crippen LogP contribution < -0.4 is 0 Å². The van der Waals surface area contributed by atoms with Gasteiger partial charge in [0.2, 0.25) is 0 Å². The second-order valence-electron chi connectivity index (χ2n) is 7.57. The maximum Gasteiger partial charge on any atom is 0.114 e. The quantitative estimate of drug-likeness (QED) is 0.415. The lowest BCUT2D eigenvalue weighted by Crippen LogP contribution is -2.55. The molecule has 30 heavy (non-hydrogen) atoms. The minimum Gasteiger partial charge on any atom is -0.394 e. The van der Waals surface area contributed by atoms with Crippen LogP contribution in [0.15, 0.2) is 48.7 Å². The highest BCUT2D eigenvalue weighted by Crippen LogP contribution is 2.39. The summed E-state index contributed by atoms with van der Waals surface area (Å²) < 4.78 is 7.70. The van der Waals surface area contributed by atoms with Crippen molar-refractivity contribution in [3.05, 3.63) is 70.4 Å². The van der Waals surface area contributed by atoms with Crippen LogP contribution in [0, 0.1) is 0 Å². The van der Waals surface area contributed by atoms with Crippen LogP contribution in [0.1, 0.15) is 22.8 Å². The second kappa shape index (κ2) is 8.64. The topological polar surface area (TPSA) is 115 Å². The fourth-order valence-electron chi connectivity index (χ4n) is 4.00. The molecule has 0 spiro atoms. The lowest BCUT2D eigenvalue weighted by molar-refractivity contribution is -0.231. The van der Waals surface area contributed by atoms with E-state index in [2.05, 4.69) is 0 Å². The maximum atomic E-state index is 10.6. The summed E-state index contributed by atoms with van der Waals surface area (Å²) in [7, 11) is 0. The van der Waals surface area contributed by atoms with Crippen molar-refractivity contribution < 1.29 is 30.3 Å².